The molecule has 0 fully saturated rings. The first-order valence-corrected chi connectivity index (χ1v) is 12.0. The molecule has 0 radical (unpaired) electrons. The van der Waals surface area contributed by atoms with Gasteiger partial charge in [0.15, 0.2) is 0 Å². The van der Waals surface area contributed by atoms with Crippen molar-refractivity contribution in [2.75, 3.05) is 5.32 Å². The van der Waals surface area contributed by atoms with Gasteiger partial charge in [0.25, 0.3) is 0 Å². The highest BCUT2D eigenvalue weighted by Gasteiger charge is 2.49. The Morgan fingerprint density at radius 3 is 2.05 bits per heavy atom. The molecular weight excluding hydrogens is 462 g/mol. The van der Waals surface area contributed by atoms with E-state index in [0.717, 1.165) is 22.0 Å². The maximum Gasteiger partial charge on any atom is 0.216 e. The fraction of sp³-hybridized carbons (Fsp3) is 0.0968. The molecule has 0 spiro atoms. The maximum absolute atomic E-state index is 13.7. The molecule has 1 unspecified atom stereocenters. The molecule has 1 aliphatic rings. The van der Waals surface area contributed by atoms with Crippen LogP contribution in [0.1, 0.15) is 27.0 Å². The van der Waals surface area contributed by atoms with Crippen LogP contribution in [-0.2, 0) is 18.8 Å². The van der Waals surface area contributed by atoms with E-state index >= 15 is 0 Å². The fourth-order valence-electron chi connectivity index (χ4n) is 4.68. The van der Waals surface area contributed by atoms with Gasteiger partial charge in [-0.05, 0) is 47.5 Å². The number of ether oxygens (including phenoxy) is 2. The lowest BCUT2D eigenvalue weighted by molar-refractivity contribution is 0.0949. The molecule has 5 aromatic rings. The number of benzene rings is 4. The summed E-state index contributed by atoms with van der Waals surface area (Å²) in [6.07, 6.45) is 1.72. The Morgan fingerprint density at radius 1 is 0.784 bits per heavy atom. The minimum atomic E-state index is -1.56. The molecule has 0 saturated heterocycles. The van der Waals surface area contributed by atoms with E-state index < -0.39 is 5.54 Å². The highest BCUT2D eigenvalue weighted by atomic mass is 16.5. The highest BCUT2D eigenvalue weighted by Crippen LogP contribution is 2.43. The summed E-state index contributed by atoms with van der Waals surface area (Å²) in [5.41, 5.74) is 2.93. The Labute approximate surface area is 214 Å². The molecule has 2 N–H and O–H groups in total. The van der Waals surface area contributed by atoms with Gasteiger partial charge in [0.1, 0.15) is 30.8 Å². The standard InChI is InChI=1S/C31H23N3O3/c32-20-31(27-17-33-28-13-11-23(15-25(27)28)36-18-21-7-3-1-4-8-21)30(35)26-16-24(12-14-29(26)34-31)37-19-22-9-5-2-6-10-22/h1-17,33-34H,18-19H2. The van der Waals surface area contributed by atoms with Crippen molar-refractivity contribution in [2.45, 2.75) is 18.8 Å². The number of fused-ring (bicyclic) bond motifs is 2. The molecule has 0 saturated carbocycles. The molecule has 4 aromatic carbocycles. The number of nitrogens with one attached hydrogen (secondary N) is 2. The molecule has 0 amide bonds. The number of hydrogen-bond acceptors (Lipinski definition) is 5. The number of Topliss-reactive ketones (excluding diaryl/α,β-unsaturated/α-hetero) is 1. The van der Waals surface area contributed by atoms with Crippen LogP contribution in [0.3, 0.4) is 0 Å². The number of nitrogens with zero attached hydrogens (tertiary/aromatic N) is 1. The highest BCUT2D eigenvalue weighted by molar-refractivity contribution is 6.17. The van der Waals surface area contributed by atoms with E-state index in [-0.39, 0.29) is 5.78 Å². The molecule has 1 atom stereocenters. The van der Waals surface area contributed by atoms with Gasteiger partial charge in [0.05, 0.1) is 0 Å². The van der Waals surface area contributed by atoms with E-state index in [1.807, 2.05) is 78.9 Å². The van der Waals surface area contributed by atoms with Gasteiger partial charge in [-0.1, -0.05) is 60.7 Å². The van der Waals surface area contributed by atoms with Crippen LogP contribution in [0.15, 0.2) is 103 Å². The van der Waals surface area contributed by atoms with Crippen molar-refractivity contribution in [1.29, 1.82) is 5.26 Å². The molecule has 0 aliphatic carbocycles. The lowest BCUT2D eigenvalue weighted by Gasteiger charge is -2.20. The number of H-pyrrole nitrogens is 1. The van der Waals surface area contributed by atoms with Crippen molar-refractivity contribution in [1.82, 2.24) is 4.98 Å². The maximum atomic E-state index is 13.7. The second-order valence-corrected chi connectivity index (χ2v) is 8.98. The lowest BCUT2D eigenvalue weighted by Crippen LogP contribution is -2.36. The quantitative estimate of drug-likeness (QED) is 0.280. The summed E-state index contributed by atoms with van der Waals surface area (Å²) in [6.45, 7) is 0.808. The van der Waals surface area contributed by atoms with E-state index in [9.17, 15) is 10.1 Å². The Balaban J connectivity index is 1.29. The molecule has 6 nitrogen and oxygen atoms in total. The van der Waals surface area contributed by atoms with Gasteiger partial charge in [-0.15, -0.1) is 0 Å². The minimum Gasteiger partial charge on any atom is -0.489 e. The number of anilines is 1. The number of carbonyl (C=O) groups is 1. The number of ketones is 1. The Kier molecular flexibility index (Phi) is 5.59. The molecule has 180 valence electrons. The number of rotatable bonds is 7. The van der Waals surface area contributed by atoms with Crippen molar-refractivity contribution in [3.63, 3.8) is 0 Å². The molecule has 6 heteroatoms. The Bertz CT molecular complexity index is 1640. The topological polar surface area (TPSA) is 87.1 Å². The average Bonchev–Trinajstić information content (AvgIpc) is 3.50. The molecule has 37 heavy (non-hydrogen) atoms. The van der Waals surface area contributed by atoms with Crippen LogP contribution in [0, 0.1) is 11.3 Å². The van der Waals surface area contributed by atoms with Crippen molar-refractivity contribution in [2.24, 2.45) is 0 Å². The van der Waals surface area contributed by atoms with Crippen molar-refractivity contribution >= 4 is 22.4 Å². The van der Waals surface area contributed by atoms with Crippen LogP contribution < -0.4 is 14.8 Å². The predicted octanol–water partition coefficient (Wildman–Crippen LogP) is 6.35. The Hall–Kier alpha value is -5.02. The van der Waals surface area contributed by atoms with Crippen LogP contribution in [-0.4, -0.2) is 10.8 Å². The zero-order chi connectivity index (χ0) is 25.2. The summed E-state index contributed by atoms with van der Waals surface area (Å²) >= 11 is 0. The second-order valence-electron chi connectivity index (χ2n) is 8.98. The average molecular weight is 486 g/mol. The van der Waals surface area contributed by atoms with Crippen molar-refractivity contribution < 1.29 is 14.3 Å². The fourth-order valence-corrected chi connectivity index (χ4v) is 4.68. The molecule has 6 rings (SSSR count). The first kappa shape index (κ1) is 22.4. The minimum absolute atomic E-state index is 0.313. The summed E-state index contributed by atoms with van der Waals surface area (Å²) in [7, 11) is 0. The van der Waals surface area contributed by atoms with E-state index in [4.69, 9.17) is 9.47 Å². The second kappa shape index (κ2) is 9.21. The Morgan fingerprint density at radius 2 is 1.41 bits per heavy atom. The zero-order valence-corrected chi connectivity index (χ0v) is 19.9. The summed E-state index contributed by atoms with van der Waals surface area (Å²) < 4.78 is 11.9. The molecule has 1 aliphatic heterocycles. The third-order valence-corrected chi connectivity index (χ3v) is 6.62. The first-order valence-electron chi connectivity index (χ1n) is 12.0. The van der Waals surface area contributed by atoms with Gasteiger partial charge in [-0.25, -0.2) is 0 Å². The summed E-state index contributed by atoms with van der Waals surface area (Å²) in [6, 6.07) is 32.9. The van der Waals surface area contributed by atoms with Crippen LogP contribution >= 0.6 is 0 Å². The van der Waals surface area contributed by atoms with Crippen LogP contribution in [0.4, 0.5) is 5.69 Å². The molecule has 1 aromatic heterocycles. The first-order chi connectivity index (χ1) is 18.2. The van der Waals surface area contributed by atoms with Crippen molar-refractivity contribution in [3.8, 4) is 17.6 Å². The molecular formula is C31H23N3O3. The number of aromatic nitrogens is 1. The summed E-state index contributed by atoms with van der Waals surface area (Å²) in [5, 5.41) is 14.3. The van der Waals surface area contributed by atoms with Gasteiger partial charge in [-0.3, -0.25) is 4.79 Å². The third-order valence-electron chi connectivity index (χ3n) is 6.62. The smallest absolute Gasteiger partial charge is 0.216 e. The van der Waals surface area contributed by atoms with Gasteiger partial charge in [-0.2, -0.15) is 5.26 Å². The van der Waals surface area contributed by atoms with Gasteiger partial charge in [0, 0.05) is 33.9 Å². The summed E-state index contributed by atoms with van der Waals surface area (Å²) in [5.74, 6) is 0.915. The number of nitriles is 1. The van der Waals surface area contributed by atoms with E-state index in [1.165, 1.54) is 0 Å². The molecule has 2 heterocycles. The van der Waals surface area contributed by atoms with Crippen LogP contribution in [0.25, 0.3) is 10.9 Å². The zero-order valence-electron chi connectivity index (χ0n) is 19.9. The van der Waals surface area contributed by atoms with Gasteiger partial charge < -0.3 is 19.8 Å². The number of carbonyl (C=O) groups excluding carboxylic acids is 1. The predicted molar refractivity (Wildman–Crippen MR) is 142 cm³/mol. The number of aromatic amines is 1. The van der Waals surface area contributed by atoms with E-state index in [2.05, 4.69) is 16.4 Å². The van der Waals surface area contributed by atoms with Gasteiger partial charge in [0.2, 0.25) is 11.3 Å². The van der Waals surface area contributed by atoms with E-state index in [1.54, 1.807) is 24.4 Å². The van der Waals surface area contributed by atoms with Crippen molar-refractivity contribution in [3.05, 3.63) is 126 Å². The SMILES string of the molecule is N#CC1(c2c[nH]c3ccc(OCc4ccccc4)cc23)Nc2ccc(OCc3ccccc3)cc2C1=O. The normalized spacial score (nSPS) is 16.1. The third kappa shape index (κ3) is 4.07. The lowest BCUT2D eigenvalue weighted by atomic mass is 9.87. The van der Waals surface area contributed by atoms with Crippen LogP contribution in [0.2, 0.25) is 0 Å². The van der Waals surface area contributed by atoms with E-state index in [0.29, 0.717) is 41.5 Å². The molecule has 0 bridgehead atoms. The van der Waals surface area contributed by atoms with Gasteiger partial charge >= 0.3 is 0 Å². The van der Waals surface area contributed by atoms with Crippen LogP contribution in [0.5, 0.6) is 11.5 Å². The monoisotopic (exact) mass is 485 g/mol. The largest absolute Gasteiger partial charge is 0.489 e. The number of hydrogen-bond donors (Lipinski definition) is 2. The summed E-state index contributed by atoms with van der Waals surface area (Å²) in [4.78, 5) is 16.9.